The van der Waals surface area contributed by atoms with E-state index in [1.807, 2.05) is 36.9 Å². The normalized spacial score (nSPS) is 11.1. The first kappa shape index (κ1) is 17.5. The lowest BCUT2D eigenvalue weighted by Crippen LogP contribution is -1.98. The molecule has 0 atom stereocenters. The molecule has 2 aromatic heterocycles. The maximum Gasteiger partial charge on any atom is 0.142 e. The zero-order valence-corrected chi connectivity index (χ0v) is 16.1. The maximum absolute atomic E-state index is 13.3. The topological polar surface area (TPSA) is 42.7 Å². The molecular weight excluding hydrogens is 359 g/mol. The zero-order chi connectivity index (χ0) is 19.0. The van der Waals surface area contributed by atoms with Crippen molar-refractivity contribution < 1.29 is 4.39 Å². The molecule has 1 N–H and O–H groups in total. The van der Waals surface area contributed by atoms with Crippen LogP contribution in [0.15, 0.2) is 59.5 Å². The minimum Gasteiger partial charge on any atom is -0.340 e. The molecule has 0 aliphatic heterocycles. The predicted molar refractivity (Wildman–Crippen MR) is 110 cm³/mol. The molecular formula is C21H19FN4S. The quantitative estimate of drug-likeness (QED) is 0.473. The Balaban J connectivity index is 1.84. The van der Waals surface area contributed by atoms with Crippen LogP contribution in [-0.2, 0) is 7.05 Å². The minimum atomic E-state index is -0.261. The third-order valence-electron chi connectivity index (χ3n) is 4.50. The van der Waals surface area contributed by atoms with E-state index >= 15 is 0 Å². The van der Waals surface area contributed by atoms with Crippen LogP contribution in [0.3, 0.4) is 0 Å². The summed E-state index contributed by atoms with van der Waals surface area (Å²) in [5.41, 5.74) is 4.48. The first-order chi connectivity index (χ1) is 13.0. The van der Waals surface area contributed by atoms with Crippen molar-refractivity contribution in [2.24, 2.45) is 7.05 Å². The van der Waals surface area contributed by atoms with E-state index in [0.717, 1.165) is 39.4 Å². The van der Waals surface area contributed by atoms with Gasteiger partial charge in [-0.1, -0.05) is 0 Å². The van der Waals surface area contributed by atoms with Gasteiger partial charge in [0.15, 0.2) is 0 Å². The average Bonchev–Trinajstić information content (AvgIpc) is 2.97. The average molecular weight is 378 g/mol. The van der Waals surface area contributed by atoms with Crippen LogP contribution in [-0.4, -0.2) is 21.0 Å². The Morgan fingerprint density at radius 3 is 2.41 bits per heavy atom. The van der Waals surface area contributed by atoms with Gasteiger partial charge in [-0.3, -0.25) is 4.68 Å². The molecule has 0 amide bonds. The number of hydrogen-bond donors (Lipinski definition) is 1. The Hall–Kier alpha value is -2.86. The van der Waals surface area contributed by atoms with Crippen LogP contribution in [0.1, 0.15) is 5.69 Å². The highest BCUT2D eigenvalue weighted by atomic mass is 32.2. The molecule has 2 heterocycles. The van der Waals surface area contributed by atoms with Crippen molar-refractivity contribution in [2.45, 2.75) is 11.8 Å². The van der Waals surface area contributed by atoms with Gasteiger partial charge >= 0.3 is 0 Å². The van der Waals surface area contributed by atoms with Crippen molar-refractivity contribution in [3.05, 3.63) is 66.1 Å². The second kappa shape index (κ2) is 7.04. The summed E-state index contributed by atoms with van der Waals surface area (Å²) >= 11 is 1.71. The summed E-state index contributed by atoms with van der Waals surface area (Å²) < 4.78 is 15.2. The minimum absolute atomic E-state index is 0.261. The van der Waals surface area contributed by atoms with Gasteiger partial charge in [-0.15, -0.1) is 11.8 Å². The van der Waals surface area contributed by atoms with E-state index in [1.54, 1.807) is 23.9 Å². The summed E-state index contributed by atoms with van der Waals surface area (Å²) in [5.74, 6) is 0.484. The number of anilines is 2. The molecule has 0 unspecified atom stereocenters. The molecule has 0 saturated heterocycles. The zero-order valence-electron chi connectivity index (χ0n) is 15.3. The number of benzene rings is 2. The van der Waals surface area contributed by atoms with Gasteiger partial charge in [-0.25, -0.2) is 9.37 Å². The molecule has 27 heavy (non-hydrogen) atoms. The van der Waals surface area contributed by atoms with Crippen molar-refractivity contribution in [3.8, 4) is 11.3 Å². The molecule has 4 aromatic rings. The van der Waals surface area contributed by atoms with Crippen LogP contribution in [0, 0.1) is 12.7 Å². The second-order valence-electron chi connectivity index (χ2n) is 6.32. The van der Waals surface area contributed by atoms with Gasteiger partial charge < -0.3 is 5.32 Å². The smallest absolute Gasteiger partial charge is 0.142 e. The lowest BCUT2D eigenvalue weighted by molar-refractivity contribution is 0.628. The number of thioether (sulfide) groups is 1. The molecule has 0 bridgehead atoms. The lowest BCUT2D eigenvalue weighted by Gasteiger charge is -2.11. The first-order valence-electron chi connectivity index (χ1n) is 8.56. The number of rotatable bonds is 4. The standard InChI is InChI=1S/C21H19FN4S/c1-13-20-19(26(2)25-13)12-18(14-4-6-15(22)7-5-14)24-21(20)23-16-8-10-17(27-3)11-9-16/h4-12H,1-3H3,(H,23,24). The van der Waals surface area contributed by atoms with Crippen LogP contribution in [0.25, 0.3) is 22.2 Å². The van der Waals surface area contributed by atoms with Crippen molar-refractivity contribution in [1.82, 2.24) is 14.8 Å². The van der Waals surface area contributed by atoms with Crippen molar-refractivity contribution >= 4 is 34.2 Å². The molecule has 0 spiro atoms. The number of fused-ring (bicyclic) bond motifs is 1. The van der Waals surface area contributed by atoms with Gasteiger partial charge in [0.25, 0.3) is 0 Å². The summed E-state index contributed by atoms with van der Waals surface area (Å²) in [7, 11) is 1.92. The van der Waals surface area contributed by atoms with Crippen LogP contribution >= 0.6 is 11.8 Å². The van der Waals surface area contributed by atoms with E-state index in [9.17, 15) is 4.39 Å². The highest BCUT2D eigenvalue weighted by molar-refractivity contribution is 7.98. The van der Waals surface area contributed by atoms with Crippen molar-refractivity contribution in [1.29, 1.82) is 0 Å². The number of hydrogen-bond acceptors (Lipinski definition) is 4. The van der Waals surface area contributed by atoms with E-state index in [4.69, 9.17) is 4.98 Å². The van der Waals surface area contributed by atoms with E-state index in [0.29, 0.717) is 0 Å². The van der Waals surface area contributed by atoms with Gasteiger partial charge in [0.2, 0.25) is 0 Å². The van der Waals surface area contributed by atoms with Gasteiger partial charge in [0.05, 0.1) is 22.3 Å². The van der Waals surface area contributed by atoms with E-state index in [1.165, 1.54) is 17.0 Å². The number of halogens is 1. The Bertz CT molecular complexity index is 1100. The van der Waals surface area contributed by atoms with Crippen LogP contribution in [0.2, 0.25) is 0 Å². The number of nitrogens with zero attached hydrogens (tertiary/aromatic N) is 3. The molecule has 0 saturated carbocycles. The maximum atomic E-state index is 13.3. The fourth-order valence-corrected chi connectivity index (χ4v) is 3.55. The molecule has 0 aliphatic carbocycles. The summed E-state index contributed by atoms with van der Waals surface area (Å²) in [4.78, 5) is 6.03. The molecule has 136 valence electrons. The fourth-order valence-electron chi connectivity index (χ4n) is 3.14. The van der Waals surface area contributed by atoms with Gasteiger partial charge in [0, 0.05) is 23.2 Å². The van der Waals surface area contributed by atoms with Gasteiger partial charge in [0.1, 0.15) is 11.6 Å². The lowest BCUT2D eigenvalue weighted by atomic mass is 10.1. The predicted octanol–water partition coefficient (Wildman–Crippen LogP) is 5.55. The Morgan fingerprint density at radius 2 is 1.74 bits per heavy atom. The summed E-state index contributed by atoms with van der Waals surface area (Å²) in [5, 5.41) is 8.95. The molecule has 4 nitrogen and oxygen atoms in total. The Kier molecular flexibility index (Phi) is 4.58. The molecule has 6 heteroatoms. The van der Waals surface area contributed by atoms with Crippen LogP contribution in [0.5, 0.6) is 0 Å². The van der Waals surface area contributed by atoms with Crippen molar-refractivity contribution in [3.63, 3.8) is 0 Å². The first-order valence-corrected chi connectivity index (χ1v) is 9.79. The highest BCUT2D eigenvalue weighted by Gasteiger charge is 2.15. The summed E-state index contributed by atoms with van der Waals surface area (Å²) in [6.07, 6.45) is 2.05. The third-order valence-corrected chi connectivity index (χ3v) is 5.25. The van der Waals surface area contributed by atoms with E-state index in [-0.39, 0.29) is 5.82 Å². The molecule has 0 radical (unpaired) electrons. The number of nitrogens with one attached hydrogen (secondary N) is 1. The number of aromatic nitrogens is 3. The Morgan fingerprint density at radius 1 is 1.04 bits per heavy atom. The highest BCUT2D eigenvalue weighted by Crippen LogP contribution is 2.32. The number of pyridine rings is 1. The van der Waals surface area contributed by atoms with Crippen LogP contribution < -0.4 is 5.32 Å². The Labute approximate surface area is 161 Å². The monoisotopic (exact) mass is 378 g/mol. The largest absolute Gasteiger partial charge is 0.340 e. The molecule has 0 fully saturated rings. The summed E-state index contributed by atoms with van der Waals surface area (Å²) in [6.45, 7) is 1.98. The summed E-state index contributed by atoms with van der Waals surface area (Å²) in [6, 6.07) is 16.6. The van der Waals surface area contributed by atoms with E-state index in [2.05, 4.69) is 28.8 Å². The SMILES string of the molecule is CSc1ccc(Nc2nc(-c3ccc(F)cc3)cc3c2c(C)nn3C)cc1. The van der Waals surface area contributed by atoms with Gasteiger partial charge in [-0.2, -0.15) is 5.10 Å². The van der Waals surface area contributed by atoms with Crippen LogP contribution in [0.4, 0.5) is 15.9 Å². The molecule has 2 aromatic carbocycles. The van der Waals surface area contributed by atoms with Crippen molar-refractivity contribution in [2.75, 3.05) is 11.6 Å². The van der Waals surface area contributed by atoms with E-state index < -0.39 is 0 Å². The number of aryl methyl sites for hydroxylation is 2. The third kappa shape index (κ3) is 3.40. The second-order valence-corrected chi connectivity index (χ2v) is 7.20. The molecule has 0 aliphatic rings. The fraction of sp³-hybridized carbons (Fsp3) is 0.143. The molecule has 4 rings (SSSR count). The van der Waals surface area contributed by atoms with Gasteiger partial charge in [-0.05, 0) is 67.8 Å².